The molecular formula is C6H7NO4S. The molecule has 6 heteroatoms. The van der Waals surface area contributed by atoms with E-state index in [0.29, 0.717) is 0 Å². The van der Waals surface area contributed by atoms with Crippen LogP contribution in [0.25, 0.3) is 0 Å². The van der Waals surface area contributed by atoms with Gasteiger partial charge in [0.1, 0.15) is 0 Å². The summed E-state index contributed by atoms with van der Waals surface area (Å²) in [6.45, 7) is 0. The normalized spacial score (nSPS) is 33.8. The molecule has 0 saturated heterocycles. The molecule has 0 aliphatic heterocycles. The second-order valence-electron chi connectivity index (χ2n) is 2.91. The van der Waals surface area contributed by atoms with Gasteiger partial charge in [0.2, 0.25) is 0 Å². The zero-order valence-corrected chi connectivity index (χ0v) is 7.13. The van der Waals surface area contributed by atoms with Gasteiger partial charge in [0, 0.05) is 6.26 Å². The number of nitrogens with zero attached hydrogens (tertiary/aromatic N) is 1. The predicted molar refractivity (Wildman–Crippen MR) is 38.9 cm³/mol. The Bertz CT molecular complexity index is 365. The van der Waals surface area contributed by atoms with Gasteiger partial charge < -0.3 is 5.11 Å². The van der Waals surface area contributed by atoms with Crippen molar-refractivity contribution in [3.05, 3.63) is 0 Å². The molecule has 0 aromatic rings. The number of hydrogen-bond acceptors (Lipinski definition) is 4. The van der Waals surface area contributed by atoms with Crippen molar-refractivity contribution in [2.45, 2.75) is 11.7 Å². The minimum atomic E-state index is -3.40. The highest BCUT2D eigenvalue weighted by Gasteiger charge is 2.66. The lowest BCUT2D eigenvalue weighted by Gasteiger charge is -1.98. The molecule has 0 aromatic heterocycles. The van der Waals surface area contributed by atoms with E-state index in [0.717, 1.165) is 6.26 Å². The summed E-state index contributed by atoms with van der Waals surface area (Å²) in [7, 11) is -3.40. The van der Waals surface area contributed by atoms with Crippen LogP contribution in [0, 0.1) is 16.7 Å². The standard InChI is InChI=1S/C6H7NO4S/c1-12(10,11)4-2-6(4,3-7)5(8)9/h4H,2H2,1H3,(H,8,9)/t4-,6-/m1/s1. The summed E-state index contributed by atoms with van der Waals surface area (Å²) in [6, 6.07) is 1.53. The van der Waals surface area contributed by atoms with Crippen LogP contribution in [0.4, 0.5) is 0 Å². The van der Waals surface area contributed by atoms with Gasteiger partial charge in [-0.15, -0.1) is 0 Å². The third kappa shape index (κ3) is 1.06. The van der Waals surface area contributed by atoms with Crippen LogP contribution < -0.4 is 0 Å². The highest BCUT2D eigenvalue weighted by Crippen LogP contribution is 2.50. The summed E-state index contributed by atoms with van der Waals surface area (Å²) >= 11 is 0. The van der Waals surface area contributed by atoms with E-state index in [1.54, 1.807) is 0 Å². The lowest BCUT2D eigenvalue weighted by molar-refractivity contribution is -0.141. The Morgan fingerprint density at radius 2 is 2.25 bits per heavy atom. The smallest absolute Gasteiger partial charge is 0.325 e. The maximum absolute atomic E-state index is 10.9. The van der Waals surface area contributed by atoms with E-state index in [2.05, 4.69) is 0 Å². The molecule has 12 heavy (non-hydrogen) atoms. The largest absolute Gasteiger partial charge is 0.480 e. The molecule has 1 rings (SSSR count). The lowest BCUT2D eigenvalue weighted by Crippen LogP contribution is -2.21. The van der Waals surface area contributed by atoms with Gasteiger partial charge in [-0.1, -0.05) is 0 Å². The van der Waals surface area contributed by atoms with Crippen LogP contribution in [0.3, 0.4) is 0 Å². The fourth-order valence-electron chi connectivity index (χ4n) is 1.14. The van der Waals surface area contributed by atoms with Crippen LogP contribution in [0.15, 0.2) is 0 Å². The zero-order valence-electron chi connectivity index (χ0n) is 6.31. The number of carboxylic acids is 1. The molecule has 0 spiro atoms. The molecule has 0 bridgehead atoms. The molecule has 1 N–H and O–H groups in total. The maximum Gasteiger partial charge on any atom is 0.325 e. The zero-order chi connectivity index (χ0) is 9.57. The van der Waals surface area contributed by atoms with E-state index >= 15 is 0 Å². The third-order valence-corrected chi connectivity index (χ3v) is 3.60. The van der Waals surface area contributed by atoms with Crippen LogP contribution in [0.1, 0.15) is 6.42 Å². The number of sulfone groups is 1. The van der Waals surface area contributed by atoms with Crippen LogP contribution in [-0.2, 0) is 14.6 Å². The number of rotatable bonds is 2. The molecule has 1 aliphatic rings. The Balaban J connectivity index is 2.99. The van der Waals surface area contributed by atoms with Gasteiger partial charge in [0.15, 0.2) is 15.3 Å². The van der Waals surface area contributed by atoms with E-state index in [-0.39, 0.29) is 6.42 Å². The first-order valence-electron chi connectivity index (χ1n) is 3.18. The fraction of sp³-hybridized carbons (Fsp3) is 0.667. The summed E-state index contributed by atoms with van der Waals surface area (Å²) in [6.07, 6.45) is 0.858. The Morgan fingerprint density at radius 3 is 2.33 bits per heavy atom. The van der Waals surface area contributed by atoms with Crippen molar-refractivity contribution in [3.63, 3.8) is 0 Å². The van der Waals surface area contributed by atoms with E-state index < -0.39 is 26.5 Å². The van der Waals surface area contributed by atoms with Crippen molar-refractivity contribution in [2.75, 3.05) is 6.26 Å². The minimum absolute atomic E-state index is 0.0856. The van der Waals surface area contributed by atoms with Crippen LogP contribution in [0.2, 0.25) is 0 Å². The molecule has 2 atom stereocenters. The SMILES string of the molecule is CS(=O)(=O)[C@@H]1C[C@]1(C#N)C(=O)O. The first kappa shape index (κ1) is 9.00. The van der Waals surface area contributed by atoms with Crippen LogP contribution in [0.5, 0.6) is 0 Å². The number of carbonyl (C=O) groups is 1. The van der Waals surface area contributed by atoms with Gasteiger partial charge >= 0.3 is 5.97 Å². The van der Waals surface area contributed by atoms with Crippen molar-refractivity contribution < 1.29 is 18.3 Å². The molecule has 1 aliphatic carbocycles. The van der Waals surface area contributed by atoms with Gasteiger partial charge in [0.25, 0.3) is 0 Å². The number of hydrogen-bond donors (Lipinski definition) is 1. The van der Waals surface area contributed by atoms with Gasteiger partial charge in [0.05, 0.1) is 11.3 Å². The number of carboxylic acid groups (broad SMARTS) is 1. The third-order valence-electron chi connectivity index (χ3n) is 1.99. The molecule has 0 heterocycles. The molecule has 0 radical (unpaired) electrons. The molecule has 0 aromatic carbocycles. The first-order valence-corrected chi connectivity index (χ1v) is 5.13. The monoisotopic (exact) mass is 189 g/mol. The lowest BCUT2D eigenvalue weighted by atomic mass is 10.1. The van der Waals surface area contributed by atoms with Gasteiger partial charge in [-0.2, -0.15) is 5.26 Å². The van der Waals surface area contributed by atoms with Crippen molar-refractivity contribution in [1.82, 2.24) is 0 Å². The Labute approximate surface area is 69.5 Å². The molecule has 5 nitrogen and oxygen atoms in total. The van der Waals surface area contributed by atoms with Crippen molar-refractivity contribution >= 4 is 15.8 Å². The van der Waals surface area contributed by atoms with Crippen LogP contribution >= 0.6 is 0 Å². The maximum atomic E-state index is 10.9. The minimum Gasteiger partial charge on any atom is -0.480 e. The van der Waals surface area contributed by atoms with Gasteiger partial charge in [-0.3, -0.25) is 4.79 Å². The topological polar surface area (TPSA) is 95.2 Å². The van der Waals surface area contributed by atoms with E-state index in [1.165, 1.54) is 6.07 Å². The first-order chi connectivity index (χ1) is 5.34. The van der Waals surface area contributed by atoms with E-state index in [4.69, 9.17) is 10.4 Å². The van der Waals surface area contributed by atoms with E-state index in [1.807, 2.05) is 0 Å². The summed E-state index contributed by atoms with van der Waals surface area (Å²) < 4.78 is 21.7. The second kappa shape index (κ2) is 2.20. The average Bonchev–Trinajstić information content (AvgIpc) is 2.60. The van der Waals surface area contributed by atoms with Crippen molar-refractivity contribution in [2.24, 2.45) is 5.41 Å². The summed E-state index contributed by atoms with van der Waals surface area (Å²) in [5, 5.41) is 16.0. The number of nitriles is 1. The predicted octanol–water partition coefficient (Wildman–Crippen LogP) is -0.602. The summed E-state index contributed by atoms with van der Waals surface area (Å²) in [4.78, 5) is 10.5. The Morgan fingerprint density at radius 1 is 1.75 bits per heavy atom. The van der Waals surface area contributed by atoms with Crippen molar-refractivity contribution in [3.8, 4) is 6.07 Å². The molecular weight excluding hydrogens is 182 g/mol. The summed E-state index contributed by atoms with van der Waals surface area (Å²) in [5.41, 5.74) is -1.67. The second-order valence-corrected chi connectivity index (χ2v) is 5.14. The number of aliphatic carboxylic acids is 1. The quantitative estimate of drug-likeness (QED) is 0.625. The summed E-state index contributed by atoms with van der Waals surface area (Å²) in [5.74, 6) is -1.35. The Kier molecular flexibility index (Phi) is 1.65. The fourth-order valence-corrected chi connectivity index (χ4v) is 2.59. The van der Waals surface area contributed by atoms with Gasteiger partial charge in [-0.05, 0) is 6.42 Å². The molecule has 0 unspecified atom stereocenters. The molecule has 66 valence electrons. The average molecular weight is 189 g/mol. The van der Waals surface area contributed by atoms with Crippen molar-refractivity contribution in [1.29, 1.82) is 5.26 Å². The molecule has 1 fully saturated rings. The highest BCUT2D eigenvalue weighted by atomic mass is 32.2. The molecule has 1 saturated carbocycles. The van der Waals surface area contributed by atoms with Gasteiger partial charge in [-0.25, -0.2) is 8.42 Å². The highest BCUT2D eigenvalue weighted by molar-refractivity contribution is 7.91. The van der Waals surface area contributed by atoms with E-state index in [9.17, 15) is 13.2 Å². The van der Waals surface area contributed by atoms with Crippen LogP contribution in [-0.4, -0.2) is 31.0 Å². The molecule has 0 amide bonds. The Hall–Kier alpha value is -1.09.